The molecule has 0 aliphatic rings. The van der Waals surface area contributed by atoms with E-state index in [2.05, 4.69) is 25.7 Å². The molecular formula is C22H20N6O3. The van der Waals surface area contributed by atoms with Crippen LogP contribution in [0.15, 0.2) is 71.5 Å². The lowest BCUT2D eigenvalue weighted by atomic mass is 10.2. The van der Waals surface area contributed by atoms with Crippen LogP contribution >= 0.6 is 0 Å². The maximum absolute atomic E-state index is 12.7. The van der Waals surface area contributed by atoms with Crippen molar-refractivity contribution in [1.82, 2.24) is 19.7 Å². The molecule has 3 N–H and O–H groups in total. The third-order valence-electron chi connectivity index (χ3n) is 4.43. The highest BCUT2D eigenvalue weighted by atomic mass is 16.5. The molecule has 4 aromatic rings. The topological polar surface area (TPSA) is 114 Å². The lowest BCUT2D eigenvalue weighted by molar-refractivity contribution is 0.262. The molecule has 2 amide bonds. The Bertz CT molecular complexity index is 1280. The van der Waals surface area contributed by atoms with E-state index in [0.717, 1.165) is 5.56 Å². The van der Waals surface area contributed by atoms with E-state index >= 15 is 0 Å². The van der Waals surface area contributed by atoms with E-state index in [1.54, 1.807) is 31.2 Å². The molecule has 0 radical (unpaired) electrons. The van der Waals surface area contributed by atoms with Crippen LogP contribution in [0.3, 0.4) is 0 Å². The summed E-state index contributed by atoms with van der Waals surface area (Å²) >= 11 is 0. The lowest BCUT2D eigenvalue weighted by Gasteiger charge is -2.11. The van der Waals surface area contributed by atoms with Crippen LogP contribution < -0.4 is 20.9 Å². The normalized spacial score (nSPS) is 10.5. The van der Waals surface area contributed by atoms with E-state index in [1.807, 2.05) is 36.4 Å². The molecule has 4 rings (SSSR count). The van der Waals surface area contributed by atoms with Gasteiger partial charge in [0.1, 0.15) is 11.6 Å². The number of ether oxygens (including phenoxy) is 1. The molecule has 2 aromatic carbocycles. The van der Waals surface area contributed by atoms with Crippen molar-refractivity contribution in [3.05, 3.63) is 82.8 Å². The number of H-pyrrole nitrogens is 1. The molecule has 0 aliphatic carbocycles. The Balaban J connectivity index is 1.70. The summed E-state index contributed by atoms with van der Waals surface area (Å²) in [5.74, 6) is 1.06. The summed E-state index contributed by atoms with van der Waals surface area (Å²) in [4.78, 5) is 31.7. The van der Waals surface area contributed by atoms with Gasteiger partial charge in [-0.25, -0.2) is 9.78 Å². The second-order valence-electron chi connectivity index (χ2n) is 6.68. The maximum Gasteiger partial charge on any atom is 0.324 e. The van der Waals surface area contributed by atoms with Gasteiger partial charge < -0.3 is 10.1 Å². The Hall–Kier alpha value is -4.40. The van der Waals surface area contributed by atoms with Gasteiger partial charge in [-0.3, -0.25) is 15.1 Å². The minimum absolute atomic E-state index is 0.194. The fourth-order valence-corrected chi connectivity index (χ4v) is 3.06. The second kappa shape index (κ2) is 8.54. The van der Waals surface area contributed by atoms with Crippen molar-refractivity contribution >= 4 is 17.5 Å². The highest BCUT2D eigenvalue weighted by Gasteiger charge is 2.16. The van der Waals surface area contributed by atoms with Crippen LogP contribution in [0.4, 0.5) is 16.3 Å². The van der Waals surface area contributed by atoms with Gasteiger partial charge in [-0.15, -0.1) is 0 Å². The molecule has 9 heteroatoms. The smallest absolute Gasteiger partial charge is 0.324 e. The Labute approximate surface area is 177 Å². The molecule has 0 aliphatic heterocycles. The van der Waals surface area contributed by atoms with E-state index in [0.29, 0.717) is 28.6 Å². The van der Waals surface area contributed by atoms with E-state index in [-0.39, 0.29) is 11.5 Å². The third-order valence-corrected chi connectivity index (χ3v) is 4.43. The molecule has 0 spiro atoms. The maximum atomic E-state index is 12.7. The number of aromatic nitrogens is 4. The van der Waals surface area contributed by atoms with Gasteiger partial charge in [0.05, 0.1) is 18.5 Å². The molecule has 156 valence electrons. The molecule has 0 saturated carbocycles. The summed E-state index contributed by atoms with van der Waals surface area (Å²) in [5.41, 5.74) is 2.18. The molecule has 31 heavy (non-hydrogen) atoms. The average molecular weight is 416 g/mol. The quantitative estimate of drug-likeness (QED) is 0.460. The van der Waals surface area contributed by atoms with Gasteiger partial charge in [0.25, 0.3) is 5.56 Å². The highest BCUT2D eigenvalue weighted by molar-refractivity contribution is 6.00. The number of benzene rings is 2. The Kier molecular flexibility index (Phi) is 5.48. The summed E-state index contributed by atoms with van der Waals surface area (Å²) in [6, 6.07) is 19.1. The molecule has 0 unspecified atom stereocenters. The summed E-state index contributed by atoms with van der Waals surface area (Å²) in [6.45, 7) is 1.71. The Morgan fingerprint density at radius 3 is 2.52 bits per heavy atom. The first-order valence-corrected chi connectivity index (χ1v) is 9.48. The number of amides is 2. The van der Waals surface area contributed by atoms with Gasteiger partial charge in [0.15, 0.2) is 0 Å². The van der Waals surface area contributed by atoms with Crippen LogP contribution in [0.25, 0.3) is 17.2 Å². The van der Waals surface area contributed by atoms with E-state index in [9.17, 15) is 9.59 Å². The largest absolute Gasteiger partial charge is 0.495 e. The number of anilines is 2. The molecule has 0 atom stereocenters. The summed E-state index contributed by atoms with van der Waals surface area (Å²) in [5, 5.41) is 10.1. The predicted molar refractivity (Wildman–Crippen MR) is 118 cm³/mol. The number of para-hydroxylation sites is 2. The average Bonchev–Trinajstić information content (AvgIpc) is 3.18. The molecule has 2 aromatic heterocycles. The van der Waals surface area contributed by atoms with Crippen molar-refractivity contribution in [3.63, 3.8) is 0 Å². The number of nitrogens with one attached hydrogen (secondary N) is 3. The van der Waals surface area contributed by atoms with Crippen LogP contribution in [0.5, 0.6) is 5.75 Å². The second-order valence-corrected chi connectivity index (χ2v) is 6.68. The zero-order chi connectivity index (χ0) is 21.8. The lowest BCUT2D eigenvalue weighted by Crippen LogP contribution is -2.23. The number of rotatable bonds is 5. The number of urea groups is 1. The number of hydrogen-bond acceptors (Lipinski definition) is 5. The van der Waals surface area contributed by atoms with E-state index in [1.165, 1.54) is 17.9 Å². The molecular weight excluding hydrogens is 396 g/mol. The third kappa shape index (κ3) is 4.45. The number of carbonyl (C=O) groups is 1. The Morgan fingerprint density at radius 1 is 1.03 bits per heavy atom. The van der Waals surface area contributed by atoms with Crippen molar-refractivity contribution in [2.75, 3.05) is 17.7 Å². The standard InChI is InChI=1S/C22H20N6O3/c1-14-12-20(29)26-21(23-14)28-19(13-17(27-28)15-8-4-3-5-9-15)25-22(30)24-16-10-6-7-11-18(16)31-2/h3-13H,1-2H3,(H,23,26,29)(H2,24,25,30). The predicted octanol–water partition coefficient (Wildman–Crippen LogP) is 3.58. The molecule has 0 fully saturated rings. The van der Waals surface area contributed by atoms with Gasteiger partial charge in [-0.2, -0.15) is 9.78 Å². The van der Waals surface area contributed by atoms with Crippen LogP contribution in [-0.2, 0) is 0 Å². The minimum atomic E-state index is -0.500. The van der Waals surface area contributed by atoms with Crippen LogP contribution in [0, 0.1) is 6.92 Å². The number of carbonyl (C=O) groups excluding carboxylic acids is 1. The van der Waals surface area contributed by atoms with Crippen molar-refractivity contribution in [1.29, 1.82) is 0 Å². The summed E-state index contributed by atoms with van der Waals surface area (Å²) in [6.07, 6.45) is 0. The van der Waals surface area contributed by atoms with Crippen LogP contribution in [0.1, 0.15) is 5.69 Å². The number of methoxy groups -OCH3 is 1. The molecule has 0 saturated heterocycles. The van der Waals surface area contributed by atoms with E-state index < -0.39 is 6.03 Å². The summed E-state index contributed by atoms with van der Waals surface area (Å²) in [7, 11) is 1.53. The van der Waals surface area contributed by atoms with Gasteiger partial charge >= 0.3 is 6.03 Å². The first kappa shape index (κ1) is 19.9. The van der Waals surface area contributed by atoms with E-state index in [4.69, 9.17) is 4.74 Å². The fourth-order valence-electron chi connectivity index (χ4n) is 3.06. The summed E-state index contributed by atoms with van der Waals surface area (Å²) < 4.78 is 6.66. The van der Waals surface area contributed by atoms with Crippen molar-refractivity contribution in [2.24, 2.45) is 0 Å². The monoisotopic (exact) mass is 416 g/mol. The SMILES string of the molecule is COc1ccccc1NC(=O)Nc1cc(-c2ccccc2)nn1-c1nc(C)cc(=O)[nH]1. The zero-order valence-electron chi connectivity index (χ0n) is 16.9. The number of hydrogen-bond donors (Lipinski definition) is 3. The van der Waals surface area contributed by atoms with Gasteiger partial charge in [-0.05, 0) is 19.1 Å². The zero-order valence-corrected chi connectivity index (χ0v) is 16.9. The molecule has 2 heterocycles. The van der Waals surface area contributed by atoms with Crippen molar-refractivity contribution in [3.8, 4) is 23.0 Å². The molecule has 9 nitrogen and oxygen atoms in total. The first-order chi connectivity index (χ1) is 15.0. The van der Waals surface area contributed by atoms with Crippen LogP contribution in [-0.4, -0.2) is 32.9 Å². The van der Waals surface area contributed by atoms with Gasteiger partial charge in [0, 0.05) is 23.4 Å². The van der Waals surface area contributed by atoms with Gasteiger partial charge in [-0.1, -0.05) is 42.5 Å². The minimum Gasteiger partial charge on any atom is -0.495 e. The molecule has 0 bridgehead atoms. The van der Waals surface area contributed by atoms with Crippen LogP contribution in [0.2, 0.25) is 0 Å². The van der Waals surface area contributed by atoms with Gasteiger partial charge in [0.2, 0.25) is 5.95 Å². The number of aryl methyl sites for hydroxylation is 1. The number of nitrogens with zero attached hydrogens (tertiary/aromatic N) is 3. The van der Waals surface area contributed by atoms with Crippen molar-refractivity contribution in [2.45, 2.75) is 6.92 Å². The van der Waals surface area contributed by atoms with Crippen molar-refractivity contribution < 1.29 is 9.53 Å². The first-order valence-electron chi connectivity index (χ1n) is 9.48. The number of aromatic amines is 1. The highest BCUT2D eigenvalue weighted by Crippen LogP contribution is 2.25. The Morgan fingerprint density at radius 2 is 1.77 bits per heavy atom. The fraction of sp³-hybridized carbons (Fsp3) is 0.0909.